The summed E-state index contributed by atoms with van der Waals surface area (Å²) < 4.78 is 13.6. The van der Waals surface area contributed by atoms with Gasteiger partial charge in [-0.25, -0.2) is 4.39 Å². The quantitative estimate of drug-likeness (QED) is 0.685. The number of hydrogen-bond acceptors (Lipinski definition) is 1. The van der Waals surface area contributed by atoms with Crippen molar-refractivity contribution in [2.24, 2.45) is 11.8 Å². The molecule has 1 radical (unpaired) electrons. The summed E-state index contributed by atoms with van der Waals surface area (Å²) >= 11 is 0. The highest BCUT2D eigenvalue weighted by atomic mass is 19.1. The summed E-state index contributed by atoms with van der Waals surface area (Å²) in [6.45, 7) is 0. The number of alkyl halides is 1. The smallest absolute Gasteiger partial charge is 0.121 e. The third-order valence-electron chi connectivity index (χ3n) is 3.60. The van der Waals surface area contributed by atoms with Gasteiger partial charge in [0.15, 0.2) is 0 Å². The van der Waals surface area contributed by atoms with Crippen molar-refractivity contribution in [3.63, 3.8) is 0 Å². The molecular weight excluding hydrogens is 179 g/mol. The molecule has 2 atom stereocenters. The Kier molecular flexibility index (Phi) is 3.22. The fourth-order valence-electron chi connectivity index (χ4n) is 2.68. The topological polar surface area (TPSA) is 20.2 Å². The van der Waals surface area contributed by atoms with E-state index >= 15 is 0 Å². The fraction of sp³-hybridized carbons (Fsp3) is 0.750. The van der Waals surface area contributed by atoms with E-state index < -0.39 is 6.17 Å². The molecule has 0 bridgehead atoms. The maximum Gasteiger partial charge on any atom is 0.121 e. The van der Waals surface area contributed by atoms with E-state index in [4.69, 9.17) is 0 Å². The molecule has 1 N–H and O–H groups in total. The molecule has 0 spiro atoms. The highest BCUT2D eigenvalue weighted by Crippen LogP contribution is 2.37. The molecule has 79 valence electrons. The van der Waals surface area contributed by atoms with Gasteiger partial charge in [-0.05, 0) is 50.4 Å². The molecule has 0 heterocycles. The first kappa shape index (κ1) is 10.2. The molecule has 1 nitrogen and oxygen atoms in total. The van der Waals surface area contributed by atoms with Gasteiger partial charge in [0.25, 0.3) is 0 Å². The van der Waals surface area contributed by atoms with Crippen molar-refractivity contribution >= 4 is 0 Å². The number of rotatable bonds is 1. The first-order chi connectivity index (χ1) is 6.77. The molecule has 0 aliphatic heterocycles. The average molecular weight is 197 g/mol. The van der Waals surface area contributed by atoms with Crippen LogP contribution in [0.4, 0.5) is 4.39 Å². The number of aliphatic hydroxyl groups excluding tert-OH is 1. The number of allylic oxidation sites excluding steroid dienone is 2. The summed E-state index contributed by atoms with van der Waals surface area (Å²) in [5.74, 6) is 0.655. The Balaban J connectivity index is 1.91. The molecule has 2 aliphatic carbocycles. The molecule has 0 aromatic heterocycles. The molecule has 1 fully saturated rings. The van der Waals surface area contributed by atoms with Gasteiger partial charge in [-0.1, -0.05) is 12.2 Å². The molecule has 0 saturated heterocycles. The summed E-state index contributed by atoms with van der Waals surface area (Å²) in [7, 11) is 0. The van der Waals surface area contributed by atoms with Gasteiger partial charge in [-0.3, -0.25) is 0 Å². The lowest BCUT2D eigenvalue weighted by molar-refractivity contribution is 0.0738. The van der Waals surface area contributed by atoms with Crippen LogP contribution >= 0.6 is 0 Å². The Morgan fingerprint density at radius 2 is 1.86 bits per heavy atom. The van der Waals surface area contributed by atoms with E-state index in [0.717, 1.165) is 32.1 Å². The Morgan fingerprint density at radius 3 is 2.50 bits per heavy atom. The van der Waals surface area contributed by atoms with Crippen molar-refractivity contribution in [2.45, 2.75) is 44.4 Å². The van der Waals surface area contributed by atoms with Crippen LogP contribution in [0, 0.1) is 18.3 Å². The van der Waals surface area contributed by atoms with Crippen LogP contribution in [0.2, 0.25) is 0 Å². The van der Waals surface area contributed by atoms with Crippen molar-refractivity contribution in [1.82, 2.24) is 0 Å². The molecule has 0 aromatic carbocycles. The van der Waals surface area contributed by atoms with Crippen molar-refractivity contribution in [2.75, 3.05) is 0 Å². The summed E-state index contributed by atoms with van der Waals surface area (Å²) in [5.41, 5.74) is 0. The summed E-state index contributed by atoms with van der Waals surface area (Å²) in [6, 6.07) is 0. The predicted octanol–water partition coefficient (Wildman–Crippen LogP) is 2.66. The van der Waals surface area contributed by atoms with Crippen LogP contribution in [-0.2, 0) is 0 Å². The average Bonchev–Trinajstić information content (AvgIpc) is 2.20. The number of hydrogen-bond donors (Lipinski definition) is 1. The molecule has 2 heteroatoms. The van der Waals surface area contributed by atoms with Crippen LogP contribution in [0.3, 0.4) is 0 Å². The van der Waals surface area contributed by atoms with Gasteiger partial charge in [0.2, 0.25) is 0 Å². The van der Waals surface area contributed by atoms with Crippen LogP contribution in [0.1, 0.15) is 32.1 Å². The molecule has 14 heavy (non-hydrogen) atoms. The molecule has 0 aromatic rings. The molecule has 0 amide bonds. The second kappa shape index (κ2) is 4.43. The monoisotopic (exact) mass is 197 g/mol. The fourth-order valence-corrected chi connectivity index (χ4v) is 2.68. The van der Waals surface area contributed by atoms with Crippen molar-refractivity contribution in [3.8, 4) is 0 Å². The third kappa shape index (κ3) is 2.17. The van der Waals surface area contributed by atoms with Crippen molar-refractivity contribution in [1.29, 1.82) is 0 Å². The van der Waals surface area contributed by atoms with E-state index in [-0.39, 0.29) is 12.0 Å². The predicted molar refractivity (Wildman–Crippen MR) is 54.4 cm³/mol. The van der Waals surface area contributed by atoms with Crippen LogP contribution in [0.5, 0.6) is 0 Å². The van der Waals surface area contributed by atoms with E-state index in [2.05, 4.69) is 6.42 Å². The normalized spacial score (nSPS) is 43.9. The first-order valence-electron chi connectivity index (χ1n) is 5.59. The summed E-state index contributed by atoms with van der Waals surface area (Å²) in [6.07, 6.45) is 9.24. The maximum atomic E-state index is 13.6. The molecular formula is C12H18FO. The lowest BCUT2D eigenvalue weighted by Gasteiger charge is -2.34. The lowest BCUT2D eigenvalue weighted by Crippen LogP contribution is -2.30. The molecule has 2 aliphatic rings. The van der Waals surface area contributed by atoms with Crippen LogP contribution in [-0.4, -0.2) is 17.4 Å². The van der Waals surface area contributed by atoms with Crippen LogP contribution in [0.25, 0.3) is 0 Å². The standard InChI is InChI=1S/C12H18FO/c13-12-4-2-1-3-11(12)9-5-7-10(14)8-6-9/h1-2,4,9-12,14H,3,5-8H2/t9?,10?,11-,12-/m1/s1. The highest BCUT2D eigenvalue weighted by molar-refractivity contribution is 5.08. The zero-order chi connectivity index (χ0) is 9.97. The molecule has 1 saturated carbocycles. The van der Waals surface area contributed by atoms with E-state index in [1.54, 1.807) is 6.08 Å². The Hall–Kier alpha value is -0.370. The van der Waals surface area contributed by atoms with Crippen LogP contribution in [0.15, 0.2) is 12.2 Å². The zero-order valence-corrected chi connectivity index (χ0v) is 8.40. The minimum Gasteiger partial charge on any atom is -0.393 e. The lowest BCUT2D eigenvalue weighted by atomic mass is 9.74. The van der Waals surface area contributed by atoms with E-state index in [9.17, 15) is 9.50 Å². The Bertz CT molecular complexity index is 206. The van der Waals surface area contributed by atoms with E-state index in [1.807, 2.05) is 6.08 Å². The van der Waals surface area contributed by atoms with Crippen LogP contribution < -0.4 is 0 Å². The Morgan fingerprint density at radius 1 is 1.14 bits per heavy atom. The summed E-state index contributed by atoms with van der Waals surface area (Å²) in [4.78, 5) is 0. The number of aliphatic hydroxyl groups is 1. The van der Waals surface area contributed by atoms with Gasteiger partial charge >= 0.3 is 0 Å². The molecule has 0 unspecified atom stereocenters. The van der Waals surface area contributed by atoms with Gasteiger partial charge in [-0.15, -0.1) is 0 Å². The largest absolute Gasteiger partial charge is 0.393 e. The Labute approximate surface area is 85.0 Å². The second-order valence-corrected chi connectivity index (χ2v) is 4.53. The SMILES string of the molecule is OC1CCC([C@H]2C[CH]C=C[C@H]2F)CC1. The van der Waals surface area contributed by atoms with Gasteiger partial charge in [0.1, 0.15) is 6.17 Å². The minimum atomic E-state index is -0.764. The molecule has 2 rings (SSSR count). The van der Waals surface area contributed by atoms with Gasteiger partial charge < -0.3 is 5.11 Å². The highest BCUT2D eigenvalue weighted by Gasteiger charge is 2.32. The summed E-state index contributed by atoms with van der Waals surface area (Å²) in [5, 5.41) is 9.38. The second-order valence-electron chi connectivity index (χ2n) is 4.53. The van der Waals surface area contributed by atoms with Crippen molar-refractivity contribution < 1.29 is 9.50 Å². The minimum absolute atomic E-state index is 0.132. The number of halogens is 1. The first-order valence-corrected chi connectivity index (χ1v) is 5.59. The van der Waals surface area contributed by atoms with E-state index in [1.165, 1.54) is 0 Å². The third-order valence-corrected chi connectivity index (χ3v) is 3.60. The van der Waals surface area contributed by atoms with E-state index in [0.29, 0.717) is 5.92 Å². The zero-order valence-electron chi connectivity index (χ0n) is 8.40. The van der Waals surface area contributed by atoms with Gasteiger partial charge in [0.05, 0.1) is 6.10 Å². The van der Waals surface area contributed by atoms with Gasteiger partial charge in [-0.2, -0.15) is 0 Å². The van der Waals surface area contributed by atoms with Crippen molar-refractivity contribution in [3.05, 3.63) is 18.6 Å². The van der Waals surface area contributed by atoms with Gasteiger partial charge in [0, 0.05) is 0 Å². The maximum absolute atomic E-state index is 13.6.